The fourth-order valence-electron chi connectivity index (χ4n) is 5.70. The molecule has 2 aromatic rings. The first-order valence-electron chi connectivity index (χ1n) is 12.8. The van der Waals surface area contributed by atoms with Gasteiger partial charge < -0.3 is 20.1 Å². The molecule has 1 saturated carbocycles. The van der Waals surface area contributed by atoms with Crippen molar-refractivity contribution in [2.75, 3.05) is 30.0 Å². The Labute approximate surface area is 224 Å². The highest BCUT2D eigenvalue weighted by molar-refractivity contribution is 7.91. The quantitative estimate of drug-likeness (QED) is 0.569. The van der Waals surface area contributed by atoms with E-state index in [9.17, 15) is 22.4 Å². The smallest absolute Gasteiger partial charge is 0.260 e. The second-order valence-electron chi connectivity index (χ2n) is 10.8. The Hall–Kier alpha value is -3.73. The number of carbonyl (C=O) groups excluding carboxylic acids is 1. The summed E-state index contributed by atoms with van der Waals surface area (Å²) in [6.07, 6.45) is 8.19. The Morgan fingerprint density at radius 3 is 2.67 bits per heavy atom. The van der Waals surface area contributed by atoms with Gasteiger partial charge in [0.05, 0.1) is 34.7 Å². The summed E-state index contributed by atoms with van der Waals surface area (Å²) < 4.78 is 55.2. The number of nitrogens with one attached hydrogen (secondary N) is 2. The lowest BCUT2D eigenvalue weighted by Gasteiger charge is -2.38. The van der Waals surface area contributed by atoms with Gasteiger partial charge in [-0.3, -0.25) is 9.59 Å². The summed E-state index contributed by atoms with van der Waals surface area (Å²) in [7, 11) is -1.88. The maximum atomic E-state index is 15.1. The second kappa shape index (κ2) is 9.18. The van der Waals surface area contributed by atoms with Crippen LogP contribution >= 0.6 is 0 Å². The summed E-state index contributed by atoms with van der Waals surface area (Å²) >= 11 is 0. The van der Waals surface area contributed by atoms with E-state index < -0.39 is 33.4 Å². The van der Waals surface area contributed by atoms with Gasteiger partial charge in [-0.25, -0.2) is 17.2 Å². The molecule has 0 saturated heterocycles. The highest BCUT2D eigenvalue weighted by Crippen LogP contribution is 2.46. The van der Waals surface area contributed by atoms with E-state index >= 15 is 4.39 Å². The molecule has 2 N–H and O–H groups in total. The van der Waals surface area contributed by atoms with E-state index in [0.29, 0.717) is 46.0 Å². The van der Waals surface area contributed by atoms with Gasteiger partial charge in [-0.1, -0.05) is 0 Å². The van der Waals surface area contributed by atoms with Crippen molar-refractivity contribution >= 4 is 32.7 Å². The van der Waals surface area contributed by atoms with Crippen LogP contribution in [0.4, 0.5) is 14.5 Å². The maximum absolute atomic E-state index is 15.1. The van der Waals surface area contributed by atoms with Crippen LogP contribution in [0.3, 0.4) is 0 Å². The zero-order valence-corrected chi connectivity index (χ0v) is 22.3. The summed E-state index contributed by atoms with van der Waals surface area (Å²) in [5, 5.41) is 6.32. The number of aryl methyl sites for hydroxylation is 1. The molecule has 3 heterocycles. The molecule has 1 aromatic heterocycles. The van der Waals surface area contributed by atoms with Gasteiger partial charge in [0.15, 0.2) is 9.84 Å². The molecule has 2 aliphatic carbocycles. The van der Waals surface area contributed by atoms with Crippen LogP contribution in [0.2, 0.25) is 0 Å². The molecule has 1 aromatic carbocycles. The summed E-state index contributed by atoms with van der Waals surface area (Å²) in [5.41, 5.74) is 2.61. The molecule has 1 fully saturated rings. The van der Waals surface area contributed by atoms with Gasteiger partial charge in [0, 0.05) is 50.4 Å². The second-order valence-corrected chi connectivity index (χ2v) is 12.9. The molecule has 2 atom stereocenters. The van der Waals surface area contributed by atoms with E-state index in [4.69, 9.17) is 0 Å². The van der Waals surface area contributed by atoms with Crippen LogP contribution in [0.25, 0.3) is 11.3 Å². The molecule has 204 valence electrons. The van der Waals surface area contributed by atoms with Crippen molar-refractivity contribution in [1.82, 2.24) is 15.2 Å². The Kier molecular flexibility index (Phi) is 6.01. The van der Waals surface area contributed by atoms with Crippen LogP contribution in [-0.2, 0) is 21.7 Å². The average Bonchev–Trinajstić information content (AvgIpc) is 3.64. The lowest BCUT2D eigenvalue weighted by atomic mass is 9.84. The number of halogens is 2. The first kappa shape index (κ1) is 25.5. The lowest BCUT2D eigenvalue weighted by molar-refractivity contribution is -0.125. The predicted octanol–water partition coefficient (Wildman–Crippen LogP) is 2.33. The highest BCUT2D eigenvalue weighted by Gasteiger charge is 2.46. The molecule has 2 unspecified atom stereocenters. The van der Waals surface area contributed by atoms with Crippen LogP contribution in [0, 0.1) is 23.5 Å². The number of fused-ring (bicyclic) bond motifs is 2. The largest absolute Gasteiger partial charge is 0.383 e. The van der Waals surface area contributed by atoms with E-state index in [-0.39, 0.29) is 29.5 Å². The predicted molar refractivity (Wildman–Crippen MR) is 144 cm³/mol. The molecule has 4 aliphatic rings. The molecule has 11 heteroatoms. The van der Waals surface area contributed by atoms with Gasteiger partial charge in [-0.05, 0) is 59.7 Å². The molecule has 0 spiro atoms. The summed E-state index contributed by atoms with van der Waals surface area (Å²) in [6, 6.07) is 4.27. The van der Waals surface area contributed by atoms with Crippen molar-refractivity contribution in [2.45, 2.75) is 18.9 Å². The number of carbonyl (C=O) groups is 1. The van der Waals surface area contributed by atoms with Crippen LogP contribution in [0.15, 0.2) is 58.7 Å². The van der Waals surface area contributed by atoms with Crippen molar-refractivity contribution < 1.29 is 22.0 Å². The number of amides is 1. The topological polar surface area (TPSA) is 101 Å². The summed E-state index contributed by atoms with van der Waals surface area (Å²) in [5.74, 6) is -2.25. The molecule has 1 amide bonds. The summed E-state index contributed by atoms with van der Waals surface area (Å²) in [6.45, 7) is 0.722. The molecule has 0 bridgehead atoms. The number of rotatable bonds is 6. The average molecular weight is 555 g/mol. The van der Waals surface area contributed by atoms with Gasteiger partial charge in [0.1, 0.15) is 11.6 Å². The maximum Gasteiger partial charge on any atom is 0.260 e. The van der Waals surface area contributed by atoms with Gasteiger partial charge >= 0.3 is 0 Å². The number of benzene rings is 1. The number of hydrogen-bond donors (Lipinski definition) is 2. The van der Waals surface area contributed by atoms with Crippen molar-refractivity contribution in [1.29, 1.82) is 0 Å². The van der Waals surface area contributed by atoms with E-state index in [0.717, 1.165) is 31.2 Å². The fraction of sp³-hybridized carbons (Fsp3) is 0.357. The number of anilines is 1. The summed E-state index contributed by atoms with van der Waals surface area (Å²) in [4.78, 5) is 28.6. The zero-order valence-electron chi connectivity index (χ0n) is 21.5. The third kappa shape index (κ3) is 4.58. The molecule has 2 aliphatic heterocycles. The molecule has 8 nitrogen and oxygen atoms in total. The SMILES string of the molecule is Cn1ccc2c(c1=O)C1=C3C(=CN(c4ccc(F)cc4F)C3C(C(=O)NCC3CC3)CN1)C=C2CS(C)(=O)=O. The number of allylic oxidation sites excluding steroid dienone is 1. The third-order valence-corrected chi connectivity index (χ3v) is 8.57. The number of hydrogen-bond acceptors (Lipinski definition) is 6. The van der Waals surface area contributed by atoms with Crippen LogP contribution < -0.4 is 21.1 Å². The Balaban J connectivity index is 1.57. The van der Waals surface area contributed by atoms with Crippen molar-refractivity contribution in [3.05, 3.63) is 87.0 Å². The first-order chi connectivity index (χ1) is 18.5. The normalized spacial score (nSPS) is 21.9. The van der Waals surface area contributed by atoms with Crippen molar-refractivity contribution in [2.24, 2.45) is 18.9 Å². The molecular formula is C28H28F2N4O4S. The van der Waals surface area contributed by atoms with Crippen molar-refractivity contribution in [3.8, 4) is 0 Å². The standard InChI is InChI=1S/C28H28F2N4O4S/c1-33-8-7-19-17(14-39(2,37)38)9-16-13-34(22-6-5-18(29)10-21(22)30)26-20(27(35)32-11-15-3-4-15)12-31-25(23(16)26)24(19)28(33)36/h5-10,13,15,20,26,31H,3-4,11-12,14H2,1-2H3,(H,32,35). The molecule has 39 heavy (non-hydrogen) atoms. The zero-order chi connectivity index (χ0) is 27.6. The van der Waals surface area contributed by atoms with Crippen molar-refractivity contribution in [3.63, 3.8) is 0 Å². The lowest BCUT2D eigenvalue weighted by Crippen LogP contribution is -2.52. The van der Waals surface area contributed by atoms with Gasteiger partial charge in [0.25, 0.3) is 5.56 Å². The molecular weight excluding hydrogens is 526 g/mol. The van der Waals surface area contributed by atoms with Gasteiger partial charge in [-0.15, -0.1) is 0 Å². The fourth-order valence-corrected chi connectivity index (χ4v) is 6.51. The third-order valence-electron chi connectivity index (χ3n) is 7.73. The number of nitrogens with zero attached hydrogens (tertiary/aromatic N) is 2. The van der Waals surface area contributed by atoms with E-state index in [2.05, 4.69) is 10.6 Å². The van der Waals surface area contributed by atoms with E-state index in [1.165, 1.54) is 10.6 Å². The van der Waals surface area contributed by atoms with Crippen LogP contribution in [-0.4, -0.2) is 50.0 Å². The number of pyridine rings is 1. The van der Waals surface area contributed by atoms with Crippen LogP contribution in [0.5, 0.6) is 0 Å². The minimum atomic E-state index is -3.49. The van der Waals surface area contributed by atoms with E-state index in [1.807, 2.05) is 0 Å². The van der Waals surface area contributed by atoms with Gasteiger partial charge in [0.2, 0.25) is 5.91 Å². The monoisotopic (exact) mass is 554 g/mol. The molecule has 0 radical (unpaired) electrons. The minimum absolute atomic E-state index is 0.0787. The highest BCUT2D eigenvalue weighted by atomic mass is 32.2. The Morgan fingerprint density at radius 1 is 1.21 bits per heavy atom. The first-order valence-corrected chi connectivity index (χ1v) is 14.9. The Bertz CT molecular complexity index is 1670. The van der Waals surface area contributed by atoms with Gasteiger partial charge in [-0.2, -0.15) is 0 Å². The number of aromatic nitrogens is 1. The molecule has 6 rings (SSSR count). The van der Waals surface area contributed by atoms with Crippen LogP contribution in [0.1, 0.15) is 24.0 Å². The number of sulfone groups is 1. The Morgan fingerprint density at radius 2 is 1.97 bits per heavy atom. The minimum Gasteiger partial charge on any atom is -0.383 e. The van der Waals surface area contributed by atoms with E-state index in [1.54, 1.807) is 36.5 Å².